The smallest absolute Gasteiger partial charge is 0.0830 e. The van der Waals surface area contributed by atoms with Crippen molar-refractivity contribution in [1.29, 1.82) is 0 Å². The van der Waals surface area contributed by atoms with Crippen LogP contribution in [0.15, 0.2) is 48.5 Å². The maximum absolute atomic E-state index is 10.1. The molecule has 1 nitrogen and oxygen atoms in total. The van der Waals surface area contributed by atoms with Crippen molar-refractivity contribution in [3.63, 3.8) is 0 Å². The van der Waals surface area contributed by atoms with Gasteiger partial charge in [-0.2, -0.15) is 0 Å². The van der Waals surface area contributed by atoms with E-state index >= 15 is 0 Å². The second-order valence-electron chi connectivity index (χ2n) is 4.26. The molecule has 0 saturated carbocycles. The van der Waals surface area contributed by atoms with Crippen LogP contribution in [0.1, 0.15) is 22.8 Å². The monoisotopic (exact) mass is 338 g/mol. The Bertz CT molecular complexity index is 473. The maximum atomic E-state index is 10.1. The van der Waals surface area contributed by atoms with Gasteiger partial charge in [0.15, 0.2) is 0 Å². The molecule has 1 atom stereocenters. The minimum Gasteiger partial charge on any atom is -0.388 e. The summed E-state index contributed by atoms with van der Waals surface area (Å²) < 4.78 is 1.19. The Morgan fingerprint density at radius 2 is 1.59 bits per heavy atom. The molecule has 2 aromatic carbocycles. The highest BCUT2D eigenvalue weighted by Gasteiger charge is 2.08. The van der Waals surface area contributed by atoms with E-state index in [4.69, 9.17) is 0 Å². The summed E-state index contributed by atoms with van der Waals surface area (Å²) in [5.41, 5.74) is 3.39. The molecule has 0 aromatic heterocycles. The number of hydrogen-bond acceptors (Lipinski definition) is 1. The van der Waals surface area contributed by atoms with Crippen LogP contribution in [0.25, 0.3) is 0 Å². The van der Waals surface area contributed by atoms with E-state index in [1.807, 2.05) is 24.3 Å². The number of rotatable bonds is 3. The Morgan fingerprint density at radius 1 is 1.00 bits per heavy atom. The number of aliphatic hydroxyl groups is 1. The fourth-order valence-electron chi connectivity index (χ4n) is 1.75. The first-order chi connectivity index (χ1) is 8.15. The van der Waals surface area contributed by atoms with Gasteiger partial charge in [0.1, 0.15) is 0 Å². The molecule has 0 aliphatic rings. The summed E-state index contributed by atoms with van der Waals surface area (Å²) in [4.78, 5) is 0. The lowest BCUT2D eigenvalue weighted by Crippen LogP contribution is -2.01. The lowest BCUT2D eigenvalue weighted by molar-refractivity contribution is 0.178. The SMILES string of the molecule is Cc1ccc(CC(O)c2ccc(I)cc2)cc1. The van der Waals surface area contributed by atoms with E-state index in [0.717, 1.165) is 5.56 Å². The Kier molecular flexibility index (Phi) is 4.18. The van der Waals surface area contributed by atoms with E-state index in [9.17, 15) is 5.11 Å². The minimum atomic E-state index is -0.422. The molecule has 0 saturated heterocycles. The standard InChI is InChI=1S/C15H15IO/c1-11-2-4-12(5-3-11)10-15(17)13-6-8-14(16)9-7-13/h2-9,15,17H,10H2,1H3. The maximum Gasteiger partial charge on any atom is 0.0830 e. The Morgan fingerprint density at radius 3 is 2.18 bits per heavy atom. The lowest BCUT2D eigenvalue weighted by atomic mass is 10.0. The Hall–Kier alpha value is -0.870. The molecule has 2 rings (SSSR count). The first-order valence-electron chi connectivity index (χ1n) is 5.64. The van der Waals surface area contributed by atoms with Crippen LogP contribution >= 0.6 is 22.6 Å². The molecule has 0 aliphatic heterocycles. The van der Waals surface area contributed by atoms with Crippen molar-refractivity contribution in [3.8, 4) is 0 Å². The van der Waals surface area contributed by atoms with Crippen molar-refractivity contribution in [2.45, 2.75) is 19.4 Å². The van der Waals surface area contributed by atoms with Gasteiger partial charge in [0.25, 0.3) is 0 Å². The first kappa shape index (κ1) is 12.6. The predicted molar refractivity (Wildman–Crippen MR) is 79.0 cm³/mol. The van der Waals surface area contributed by atoms with Crippen LogP contribution in [0.2, 0.25) is 0 Å². The van der Waals surface area contributed by atoms with Crippen molar-refractivity contribution in [2.75, 3.05) is 0 Å². The van der Waals surface area contributed by atoms with E-state index in [-0.39, 0.29) is 0 Å². The van der Waals surface area contributed by atoms with Crippen LogP contribution in [-0.4, -0.2) is 5.11 Å². The summed E-state index contributed by atoms with van der Waals surface area (Å²) in [6.07, 6.45) is 0.246. The largest absolute Gasteiger partial charge is 0.388 e. The number of benzene rings is 2. The van der Waals surface area contributed by atoms with E-state index in [2.05, 4.69) is 53.8 Å². The minimum absolute atomic E-state index is 0.422. The average Bonchev–Trinajstić information content (AvgIpc) is 2.33. The van der Waals surface area contributed by atoms with Gasteiger partial charge in [-0.15, -0.1) is 0 Å². The molecule has 0 aliphatic carbocycles. The number of aliphatic hydroxyl groups excluding tert-OH is 1. The van der Waals surface area contributed by atoms with Crippen molar-refractivity contribution >= 4 is 22.6 Å². The molecule has 2 aromatic rings. The second-order valence-corrected chi connectivity index (χ2v) is 5.50. The normalized spacial score (nSPS) is 12.4. The molecule has 1 N–H and O–H groups in total. The van der Waals surface area contributed by atoms with Crippen LogP contribution in [0.4, 0.5) is 0 Å². The molecule has 17 heavy (non-hydrogen) atoms. The van der Waals surface area contributed by atoms with Crippen molar-refractivity contribution in [3.05, 3.63) is 68.8 Å². The molecule has 0 spiro atoms. The van der Waals surface area contributed by atoms with E-state index in [0.29, 0.717) is 6.42 Å². The first-order valence-corrected chi connectivity index (χ1v) is 6.72. The second kappa shape index (κ2) is 5.65. The highest BCUT2D eigenvalue weighted by atomic mass is 127. The molecule has 0 fully saturated rings. The van der Waals surface area contributed by atoms with Crippen molar-refractivity contribution in [1.82, 2.24) is 0 Å². The molecule has 88 valence electrons. The third kappa shape index (κ3) is 3.54. The zero-order valence-electron chi connectivity index (χ0n) is 9.73. The highest BCUT2D eigenvalue weighted by Crippen LogP contribution is 2.19. The van der Waals surface area contributed by atoms with E-state index in [1.54, 1.807) is 0 Å². The third-order valence-electron chi connectivity index (χ3n) is 2.80. The summed E-state index contributed by atoms with van der Waals surface area (Å²) in [6, 6.07) is 16.3. The van der Waals surface area contributed by atoms with Crippen LogP contribution in [0.3, 0.4) is 0 Å². The number of halogens is 1. The summed E-state index contributed by atoms with van der Waals surface area (Å²) in [5, 5.41) is 10.1. The number of hydrogen-bond donors (Lipinski definition) is 1. The van der Waals surface area contributed by atoms with Gasteiger partial charge in [0.05, 0.1) is 6.10 Å². The van der Waals surface area contributed by atoms with Gasteiger partial charge >= 0.3 is 0 Å². The third-order valence-corrected chi connectivity index (χ3v) is 3.52. The predicted octanol–water partition coefficient (Wildman–Crippen LogP) is 3.88. The highest BCUT2D eigenvalue weighted by molar-refractivity contribution is 14.1. The molecular formula is C15H15IO. The summed E-state index contributed by atoms with van der Waals surface area (Å²) in [6.45, 7) is 2.07. The van der Waals surface area contributed by atoms with Crippen LogP contribution in [0.5, 0.6) is 0 Å². The molecule has 0 heterocycles. The lowest BCUT2D eigenvalue weighted by Gasteiger charge is -2.11. The van der Waals surface area contributed by atoms with Gasteiger partial charge in [0.2, 0.25) is 0 Å². The number of aryl methyl sites for hydroxylation is 1. The van der Waals surface area contributed by atoms with Crippen molar-refractivity contribution < 1.29 is 5.11 Å². The van der Waals surface area contributed by atoms with Gasteiger partial charge in [-0.05, 0) is 52.8 Å². The van der Waals surface area contributed by atoms with Crippen LogP contribution < -0.4 is 0 Å². The van der Waals surface area contributed by atoms with Crippen LogP contribution in [-0.2, 0) is 6.42 Å². The van der Waals surface area contributed by atoms with Gasteiger partial charge in [-0.3, -0.25) is 0 Å². The molecule has 0 bridgehead atoms. The topological polar surface area (TPSA) is 20.2 Å². The summed E-state index contributed by atoms with van der Waals surface area (Å²) in [5.74, 6) is 0. The van der Waals surface area contributed by atoms with E-state index in [1.165, 1.54) is 14.7 Å². The zero-order valence-corrected chi connectivity index (χ0v) is 11.9. The van der Waals surface area contributed by atoms with Crippen molar-refractivity contribution in [2.24, 2.45) is 0 Å². The van der Waals surface area contributed by atoms with E-state index < -0.39 is 6.10 Å². The Labute approximate surface area is 116 Å². The Balaban J connectivity index is 2.08. The van der Waals surface area contributed by atoms with Gasteiger partial charge < -0.3 is 5.11 Å². The molecule has 0 amide bonds. The fourth-order valence-corrected chi connectivity index (χ4v) is 2.11. The fraction of sp³-hybridized carbons (Fsp3) is 0.200. The van der Waals surface area contributed by atoms with Gasteiger partial charge in [-0.1, -0.05) is 42.0 Å². The van der Waals surface area contributed by atoms with Gasteiger partial charge in [-0.25, -0.2) is 0 Å². The molecule has 0 radical (unpaired) electrons. The molecule has 2 heteroatoms. The molecular weight excluding hydrogens is 323 g/mol. The summed E-state index contributed by atoms with van der Waals surface area (Å²) >= 11 is 2.27. The quantitative estimate of drug-likeness (QED) is 0.843. The summed E-state index contributed by atoms with van der Waals surface area (Å²) in [7, 11) is 0. The van der Waals surface area contributed by atoms with Crippen LogP contribution in [0, 0.1) is 10.5 Å². The van der Waals surface area contributed by atoms with Gasteiger partial charge in [0, 0.05) is 9.99 Å². The molecule has 1 unspecified atom stereocenters. The average molecular weight is 338 g/mol. The zero-order chi connectivity index (χ0) is 12.3.